The molecule has 0 radical (unpaired) electrons. The summed E-state index contributed by atoms with van der Waals surface area (Å²) < 4.78 is 27.3. The number of amides is 2. The number of nitrogens with zero attached hydrogens (tertiary/aromatic N) is 3. The Hall–Kier alpha value is -2.24. The minimum absolute atomic E-state index is 0.00944. The average molecular weight is 349 g/mol. The number of nitriles is 1. The molecule has 128 valence electrons. The van der Waals surface area contributed by atoms with E-state index < -0.39 is 27.9 Å². The highest BCUT2D eigenvalue weighted by Gasteiger charge is 2.44. The molecule has 1 heterocycles. The van der Waals surface area contributed by atoms with Gasteiger partial charge in [-0.25, -0.2) is 8.42 Å². The fourth-order valence-corrected chi connectivity index (χ4v) is 4.62. The molecule has 24 heavy (non-hydrogen) atoms. The second-order valence-electron chi connectivity index (χ2n) is 5.72. The normalized spacial score (nSPS) is 18.3. The maximum atomic E-state index is 13.1. The van der Waals surface area contributed by atoms with E-state index in [-0.39, 0.29) is 23.4 Å². The van der Waals surface area contributed by atoms with Crippen LogP contribution in [0.3, 0.4) is 0 Å². The molecule has 2 amide bonds. The van der Waals surface area contributed by atoms with Gasteiger partial charge in [-0.3, -0.25) is 14.5 Å². The number of likely N-dealkylation sites (tertiary alicyclic amines) is 1. The summed E-state index contributed by atoms with van der Waals surface area (Å²) in [6.45, 7) is 3.55. The SMILES string of the molecule is CCCN(C1CC(=O)N(C)C1=O)S(=O)(=O)c1cc(C#N)ccc1C. The molecule has 1 aliphatic rings. The summed E-state index contributed by atoms with van der Waals surface area (Å²) in [5, 5.41) is 9.02. The molecule has 0 spiro atoms. The van der Waals surface area contributed by atoms with Crippen LogP contribution in [0.5, 0.6) is 0 Å². The highest BCUT2D eigenvalue weighted by atomic mass is 32.2. The van der Waals surface area contributed by atoms with Crippen molar-refractivity contribution in [3.63, 3.8) is 0 Å². The zero-order valence-electron chi connectivity index (χ0n) is 13.8. The van der Waals surface area contributed by atoms with Crippen molar-refractivity contribution in [2.75, 3.05) is 13.6 Å². The van der Waals surface area contributed by atoms with Gasteiger partial charge in [0.1, 0.15) is 6.04 Å². The second-order valence-corrected chi connectivity index (χ2v) is 7.58. The van der Waals surface area contributed by atoms with Gasteiger partial charge >= 0.3 is 0 Å². The number of hydrogen-bond acceptors (Lipinski definition) is 5. The van der Waals surface area contributed by atoms with Crippen molar-refractivity contribution >= 4 is 21.8 Å². The van der Waals surface area contributed by atoms with Gasteiger partial charge in [-0.15, -0.1) is 0 Å². The van der Waals surface area contributed by atoms with Gasteiger partial charge in [-0.1, -0.05) is 13.0 Å². The largest absolute Gasteiger partial charge is 0.284 e. The smallest absolute Gasteiger partial charge is 0.247 e. The molecule has 1 unspecified atom stereocenters. The Kier molecular flexibility index (Phi) is 5.06. The van der Waals surface area contributed by atoms with Crippen LogP contribution in [0.15, 0.2) is 23.1 Å². The van der Waals surface area contributed by atoms with Crippen molar-refractivity contribution in [2.45, 2.75) is 37.6 Å². The quantitative estimate of drug-likeness (QED) is 0.739. The Morgan fingerprint density at radius 1 is 1.38 bits per heavy atom. The van der Waals surface area contributed by atoms with Crippen LogP contribution in [-0.2, 0) is 19.6 Å². The van der Waals surface area contributed by atoms with E-state index in [2.05, 4.69) is 0 Å². The third-order valence-corrected chi connectivity index (χ3v) is 6.10. The highest BCUT2D eigenvalue weighted by molar-refractivity contribution is 7.89. The summed E-state index contributed by atoms with van der Waals surface area (Å²) in [7, 11) is -2.66. The van der Waals surface area contributed by atoms with E-state index in [4.69, 9.17) is 5.26 Å². The molecule has 1 fully saturated rings. The van der Waals surface area contributed by atoms with Crippen LogP contribution in [-0.4, -0.2) is 49.1 Å². The van der Waals surface area contributed by atoms with Gasteiger partial charge in [0.2, 0.25) is 21.8 Å². The predicted octanol–water partition coefficient (Wildman–Crippen LogP) is 1.02. The van der Waals surface area contributed by atoms with E-state index in [1.165, 1.54) is 19.2 Å². The van der Waals surface area contributed by atoms with Crippen LogP contribution in [0.1, 0.15) is 30.9 Å². The zero-order valence-corrected chi connectivity index (χ0v) is 14.6. The molecule has 0 saturated carbocycles. The van der Waals surface area contributed by atoms with E-state index in [1.54, 1.807) is 19.9 Å². The van der Waals surface area contributed by atoms with Gasteiger partial charge in [0.05, 0.1) is 22.9 Å². The van der Waals surface area contributed by atoms with Gasteiger partial charge in [0, 0.05) is 13.6 Å². The summed E-state index contributed by atoms with van der Waals surface area (Å²) in [6.07, 6.45) is 0.337. The molecule has 2 rings (SSSR count). The summed E-state index contributed by atoms with van der Waals surface area (Å²) in [6, 6.07) is 5.29. The standard InChI is InChI=1S/C16H19N3O4S/c1-4-7-19(13-9-15(20)18(3)16(13)21)24(22,23)14-8-12(10-17)6-5-11(14)2/h5-6,8,13H,4,7,9H2,1-3H3. The van der Waals surface area contributed by atoms with Gasteiger partial charge in [-0.2, -0.15) is 9.57 Å². The third kappa shape index (κ3) is 3.05. The molecule has 1 atom stereocenters. The minimum Gasteiger partial charge on any atom is -0.284 e. The van der Waals surface area contributed by atoms with Crippen molar-refractivity contribution in [1.29, 1.82) is 5.26 Å². The first-order valence-corrected chi connectivity index (χ1v) is 9.01. The number of carbonyl (C=O) groups is 2. The van der Waals surface area contributed by atoms with Crippen molar-refractivity contribution in [2.24, 2.45) is 0 Å². The van der Waals surface area contributed by atoms with E-state index in [1.807, 2.05) is 6.07 Å². The Balaban J connectivity index is 2.53. The summed E-state index contributed by atoms with van der Waals surface area (Å²) in [5.41, 5.74) is 0.710. The van der Waals surface area contributed by atoms with Crippen molar-refractivity contribution in [3.05, 3.63) is 29.3 Å². The Morgan fingerprint density at radius 2 is 2.04 bits per heavy atom. The van der Waals surface area contributed by atoms with Gasteiger partial charge in [0.15, 0.2) is 0 Å². The zero-order chi connectivity index (χ0) is 18.1. The molecular formula is C16H19N3O4S. The minimum atomic E-state index is -4.01. The highest BCUT2D eigenvalue weighted by Crippen LogP contribution is 2.27. The van der Waals surface area contributed by atoms with Crippen LogP contribution in [0.25, 0.3) is 0 Å². The summed E-state index contributed by atoms with van der Waals surface area (Å²) in [4.78, 5) is 25.0. The lowest BCUT2D eigenvalue weighted by Crippen LogP contribution is -2.45. The van der Waals surface area contributed by atoms with E-state index in [0.717, 1.165) is 9.21 Å². The maximum Gasteiger partial charge on any atom is 0.247 e. The molecule has 8 heteroatoms. The van der Waals surface area contributed by atoms with Crippen LogP contribution in [0, 0.1) is 18.3 Å². The molecule has 1 aromatic carbocycles. The number of sulfonamides is 1. The second kappa shape index (κ2) is 6.71. The number of aryl methyl sites for hydroxylation is 1. The van der Waals surface area contributed by atoms with Gasteiger partial charge < -0.3 is 0 Å². The average Bonchev–Trinajstić information content (AvgIpc) is 2.80. The molecule has 0 aliphatic carbocycles. The lowest BCUT2D eigenvalue weighted by Gasteiger charge is -2.26. The first kappa shape index (κ1) is 18.1. The van der Waals surface area contributed by atoms with Crippen molar-refractivity contribution in [3.8, 4) is 6.07 Å². The van der Waals surface area contributed by atoms with Crippen LogP contribution >= 0.6 is 0 Å². The lowest BCUT2D eigenvalue weighted by atomic mass is 10.2. The number of rotatable bonds is 5. The van der Waals surface area contributed by atoms with E-state index >= 15 is 0 Å². The topological polar surface area (TPSA) is 98.6 Å². The lowest BCUT2D eigenvalue weighted by molar-refractivity contribution is -0.137. The predicted molar refractivity (Wildman–Crippen MR) is 86.3 cm³/mol. The number of carbonyl (C=O) groups excluding carboxylic acids is 2. The molecule has 0 aromatic heterocycles. The summed E-state index contributed by atoms with van der Waals surface area (Å²) >= 11 is 0. The maximum absolute atomic E-state index is 13.1. The van der Waals surface area contributed by atoms with Crippen LogP contribution < -0.4 is 0 Å². The fourth-order valence-electron chi connectivity index (χ4n) is 2.70. The van der Waals surface area contributed by atoms with Crippen molar-refractivity contribution in [1.82, 2.24) is 9.21 Å². The van der Waals surface area contributed by atoms with Crippen molar-refractivity contribution < 1.29 is 18.0 Å². The molecule has 1 aromatic rings. The third-order valence-electron chi connectivity index (χ3n) is 4.05. The van der Waals surface area contributed by atoms with Gasteiger partial charge in [0.25, 0.3) is 0 Å². The Labute approximate surface area is 141 Å². The molecular weight excluding hydrogens is 330 g/mol. The monoisotopic (exact) mass is 349 g/mol. The Bertz CT molecular complexity index is 826. The molecule has 1 aliphatic heterocycles. The number of imide groups is 1. The molecule has 0 bridgehead atoms. The van der Waals surface area contributed by atoms with Crippen LogP contribution in [0.4, 0.5) is 0 Å². The number of benzene rings is 1. The van der Waals surface area contributed by atoms with Gasteiger partial charge in [-0.05, 0) is 31.0 Å². The number of hydrogen-bond donors (Lipinski definition) is 0. The first-order valence-electron chi connectivity index (χ1n) is 7.57. The fraction of sp³-hybridized carbons (Fsp3) is 0.438. The molecule has 1 saturated heterocycles. The van der Waals surface area contributed by atoms with E-state index in [9.17, 15) is 18.0 Å². The van der Waals surface area contributed by atoms with E-state index in [0.29, 0.717) is 12.0 Å². The first-order chi connectivity index (χ1) is 11.2. The molecule has 0 N–H and O–H groups in total. The number of likely N-dealkylation sites (N-methyl/N-ethyl adjacent to an activating group) is 1. The summed E-state index contributed by atoms with van der Waals surface area (Å²) in [5.74, 6) is -0.921. The Morgan fingerprint density at radius 3 is 2.54 bits per heavy atom. The molecule has 7 nitrogen and oxygen atoms in total. The van der Waals surface area contributed by atoms with Crippen LogP contribution in [0.2, 0.25) is 0 Å².